The van der Waals surface area contributed by atoms with E-state index >= 15 is 0 Å². The van der Waals surface area contributed by atoms with E-state index in [4.69, 9.17) is 5.73 Å². The third kappa shape index (κ3) is 4.93. The van der Waals surface area contributed by atoms with Crippen molar-refractivity contribution in [2.45, 2.75) is 38.1 Å². The molecule has 12 heteroatoms. The van der Waals surface area contributed by atoms with Gasteiger partial charge in [0.15, 0.2) is 0 Å². The molecule has 4 rings (SSSR count). The van der Waals surface area contributed by atoms with Crippen LogP contribution in [0.5, 0.6) is 0 Å². The van der Waals surface area contributed by atoms with Gasteiger partial charge >= 0.3 is 12.1 Å². The van der Waals surface area contributed by atoms with Crippen molar-refractivity contribution in [3.63, 3.8) is 0 Å². The molecule has 8 nitrogen and oxygen atoms in total. The number of aromatic carboxylic acids is 1. The zero-order valence-electron chi connectivity index (χ0n) is 18.3. The molecule has 1 fully saturated rings. The lowest BCUT2D eigenvalue weighted by molar-refractivity contribution is -0.136. The maximum Gasteiger partial charge on any atom is 0.417 e. The van der Waals surface area contributed by atoms with Crippen LogP contribution in [0.1, 0.15) is 45.6 Å². The third-order valence-electron chi connectivity index (χ3n) is 5.86. The number of alkyl halides is 3. The Hall–Kier alpha value is -2.96. The number of nitrogens with one attached hydrogen (secondary N) is 1. The number of rotatable bonds is 6. The molecule has 1 atom stereocenters. The summed E-state index contributed by atoms with van der Waals surface area (Å²) >= 11 is 0.643. The molecule has 0 aromatic carbocycles. The number of carboxylic acid groups (broad SMARTS) is 1. The number of thiophene rings is 1. The fraction of sp³-hybridized carbons (Fsp3) is 0.409. The summed E-state index contributed by atoms with van der Waals surface area (Å²) in [6.45, 7) is 3.08. The molecule has 3 aromatic rings. The van der Waals surface area contributed by atoms with E-state index in [1.807, 2.05) is 19.1 Å². The number of aliphatic hydroxyl groups excluding tert-OH is 1. The summed E-state index contributed by atoms with van der Waals surface area (Å²) in [5.41, 5.74) is 5.73. The minimum atomic E-state index is -4.71. The predicted molar refractivity (Wildman–Crippen MR) is 123 cm³/mol. The zero-order chi connectivity index (χ0) is 24.6. The second kappa shape index (κ2) is 9.35. The number of aryl methyl sites for hydroxylation is 1. The van der Waals surface area contributed by atoms with Crippen LogP contribution in [-0.4, -0.2) is 51.8 Å². The van der Waals surface area contributed by atoms with E-state index in [1.54, 1.807) is 11.0 Å². The Morgan fingerprint density at radius 3 is 2.65 bits per heavy atom. The number of carbonyl (C=O) groups is 1. The summed E-state index contributed by atoms with van der Waals surface area (Å²) in [6.07, 6.45) is -4.19. The van der Waals surface area contributed by atoms with Gasteiger partial charge in [0.25, 0.3) is 0 Å². The minimum absolute atomic E-state index is 0.0475. The van der Waals surface area contributed by atoms with Crippen LogP contribution in [0.15, 0.2) is 24.3 Å². The number of pyridine rings is 2. The van der Waals surface area contributed by atoms with Gasteiger partial charge < -0.3 is 26.2 Å². The minimum Gasteiger partial charge on any atom is -0.477 e. The summed E-state index contributed by atoms with van der Waals surface area (Å²) in [6, 6.07) is 6.46. The standard InChI is InChI=1S/C22H24F3N5O3S/c1-11-3-2-4-14(28-11)15(31)10-27-12-5-7-30(8-6-12)16-9-13(22(23,24)25)17-18(26)19(21(32)33)34-20(17)29-16/h2-4,9,12,15,27,31H,5-8,10,26H2,1H3,(H,32,33)/t15-/m1/s1. The highest BCUT2D eigenvalue weighted by molar-refractivity contribution is 7.21. The van der Waals surface area contributed by atoms with Crippen LogP contribution in [0.3, 0.4) is 0 Å². The Bertz CT molecular complexity index is 1210. The first kappa shape index (κ1) is 24.2. The number of carboxylic acids is 1. The first-order valence-corrected chi connectivity index (χ1v) is 11.5. The molecule has 3 aromatic heterocycles. The summed E-state index contributed by atoms with van der Waals surface area (Å²) < 4.78 is 41.3. The van der Waals surface area contributed by atoms with Crippen LogP contribution in [0, 0.1) is 6.92 Å². The molecular formula is C22H24F3N5O3S. The molecule has 1 saturated heterocycles. The van der Waals surface area contributed by atoms with Gasteiger partial charge in [0.1, 0.15) is 21.6 Å². The fourth-order valence-electron chi connectivity index (χ4n) is 4.10. The third-order valence-corrected chi connectivity index (χ3v) is 6.94. The molecule has 0 spiro atoms. The normalized spacial score (nSPS) is 16.2. The molecule has 0 aliphatic carbocycles. The Morgan fingerprint density at radius 1 is 1.32 bits per heavy atom. The molecule has 182 valence electrons. The second-order valence-corrected chi connectivity index (χ2v) is 9.24. The number of nitrogen functional groups attached to an aromatic ring is 1. The molecule has 0 unspecified atom stereocenters. The van der Waals surface area contributed by atoms with Gasteiger partial charge in [-0.1, -0.05) is 6.07 Å². The molecule has 0 amide bonds. The number of hydrogen-bond donors (Lipinski definition) is 4. The van der Waals surface area contributed by atoms with E-state index in [0.29, 0.717) is 49.5 Å². The molecule has 34 heavy (non-hydrogen) atoms. The summed E-state index contributed by atoms with van der Waals surface area (Å²) in [5.74, 6) is -1.24. The lowest BCUT2D eigenvalue weighted by Crippen LogP contribution is -2.44. The Balaban J connectivity index is 1.47. The first-order chi connectivity index (χ1) is 16.0. The highest BCUT2D eigenvalue weighted by Gasteiger charge is 2.37. The van der Waals surface area contributed by atoms with Gasteiger partial charge in [-0.15, -0.1) is 11.3 Å². The van der Waals surface area contributed by atoms with Gasteiger partial charge in [-0.05, 0) is 38.0 Å². The van der Waals surface area contributed by atoms with Crippen LogP contribution in [-0.2, 0) is 6.18 Å². The van der Waals surface area contributed by atoms with Crippen LogP contribution in [0.4, 0.5) is 24.7 Å². The summed E-state index contributed by atoms with van der Waals surface area (Å²) in [4.78, 5) is 21.4. The molecule has 0 radical (unpaired) electrons. The number of nitrogens with zero attached hydrogens (tertiary/aromatic N) is 3. The molecule has 5 N–H and O–H groups in total. The van der Waals surface area contributed by atoms with Crippen LogP contribution >= 0.6 is 11.3 Å². The summed E-state index contributed by atoms with van der Waals surface area (Å²) in [7, 11) is 0. The Kier molecular flexibility index (Phi) is 6.65. The Labute approximate surface area is 197 Å². The van der Waals surface area contributed by atoms with Gasteiger partial charge in [0.2, 0.25) is 0 Å². The van der Waals surface area contributed by atoms with E-state index in [-0.39, 0.29) is 27.0 Å². The lowest BCUT2D eigenvalue weighted by Gasteiger charge is -2.34. The Morgan fingerprint density at radius 2 is 2.03 bits per heavy atom. The smallest absolute Gasteiger partial charge is 0.417 e. The van der Waals surface area contributed by atoms with Crippen LogP contribution in [0.2, 0.25) is 0 Å². The van der Waals surface area contributed by atoms with Gasteiger partial charge in [-0.2, -0.15) is 13.2 Å². The summed E-state index contributed by atoms with van der Waals surface area (Å²) in [5, 5.41) is 22.6. The van der Waals surface area contributed by atoms with E-state index in [2.05, 4.69) is 15.3 Å². The monoisotopic (exact) mass is 495 g/mol. The average molecular weight is 496 g/mol. The number of halogens is 3. The van der Waals surface area contributed by atoms with E-state index in [9.17, 15) is 28.2 Å². The van der Waals surface area contributed by atoms with E-state index in [0.717, 1.165) is 11.8 Å². The molecule has 0 bridgehead atoms. The van der Waals surface area contributed by atoms with Gasteiger partial charge in [-0.25, -0.2) is 9.78 Å². The SMILES string of the molecule is Cc1cccc([C@H](O)CNC2CCN(c3cc(C(F)(F)F)c4c(N)c(C(=O)O)sc4n3)CC2)n1. The quantitative estimate of drug-likeness (QED) is 0.409. The van der Waals surface area contributed by atoms with Crippen molar-refractivity contribution in [3.05, 3.63) is 46.1 Å². The van der Waals surface area contributed by atoms with Crippen LogP contribution in [0.25, 0.3) is 10.2 Å². The largest absolute Gasteiger partial charge is 0.477 e. The van der Waals surface area contributed by atoms with E-state index < -0.39 is 29.5 Å². The highest BCUT2D eigenvalue weighted by atomic mass is 32.1. The van der Waals surface area contributed by atoms with Crippen molar-refractivity contribution >= 4 is 39.0 Å². The first-order valence-electron chi connectivity index (χ1n) is 10.7. The van der Waals surface area contributed by atoms with Gasteiger partial charge in [0.05, 0.1) is 16.9 Å². The molecule has 1 aliphatic rings. The van der Waals surface area contributed by atoms with Crippen molar-refractivity contribution in [1.82, 2.24) is 15.3 Å². The van der Waals surface area contributed by atoms with Crippen molar-refractivity contribution in [3.8, 4) is 0 Å². The second-order valence-electron chi connectivity index (χ2n) is 8.25. The maximum atomic E-state index is 13.8. The number of fused-ring (bicyclic) bond motifs is 1. The average Bonchev–Trinajstić information content (AvgIpc) is 3.13. The highest BCUT2D eigenvalue weighted by Crippen LogP contribution is 2.43. The van der Waals surface area contributed by atoms with E-state index in [1.165, 1.54) is 0 Å². The topological polar surface area (TPSA) is 125 Å². The predicted octanol–water partition coefficient (Wildman–Crippen LogP) is 3.59. The number of nitrogens with two attached hydrogens (primary N) is 1. The number of anilines is 2. The van der Waals surface area contributed by atoms with Crippen molar-refractivity contribution in [2.24, 2.45) is 0 Å². The zero-order valence-corrected chi connectivity index (χ0v) is 19.1. The van der Waals surface area contributed by atoms with Gasteiger partial charge in [0, 0.05) is 36.8 Å². The number of aliphatic hydroxyl groups is 1. The molecule has 4 heterocycles. The molecular weight excluding hydrogens is 471 g/mol. The maximum absolute atomic E-state index is 13.8. The van der Waals surface area contributed by atoms with Crippen molar-refractivity contribution in [1.29, 1.82) is 0 Å². The molecule has 1 aliphatic heterocycles. The lowest BCUT2D eigenvalue weighted by atomic mass is 10.0. The number of piperidine rings is 1. The number of aromatic nitrogens is 2. The van der Waals surface area contributed by atoms with Crippen molar-refractivity contribution in [2.75, 3.05) is 30.3 Å². The van der Waals surface area contributed by atoms with Crippen LogP contribution < -0.4 is 16.0 Å². The van der Waals surface area contributed by atoms with Crippen molar-refractivity contribution < 1.29 is 28.2 Å². The van der Waals surface area contributed by atoms with Gasteiger partial charge in [-0.3, -0.25) is 4.98 Å². The number of hydrogen-bond acceptors (Lipinski definition) is 8. The molecule has 0 saturated carbocycles. The fourth-order valence-corrected chi connectivity index (χ4v) is 5.05.